The van der Waals surface area contributed by atoms with Gasteiger partial charge in [0.2, 0.25) is 5.91 Å². The maximum Gasteiger partial charge on any atom is 0.223 e. The molecule has 2 rings (SSSR count). The number of nitrogens with one attached hydrogen (secondary N) is 1. The first-order valence-corrected chi connectivity index (χ1v) is 7.92. The minimum atomic E-state index is 0.154. The van der Waals surface area contributed by atoms with Gasteiger partial charge in [0, 0.05) is 12.5 Å². The average molecular weight is 289 g/mol. The fourth-order valence-electron chi connectivity index (χ4n) is 3.22. The second-order valence-electron chi connectivity index (χ2n) is 7.30. The number of hydrogen-bond acceptors (Lipinski definition) is 2. The first kappa shape index (κ1) is 15.9. The minimum absolute atomic E-state index is 0.154. The van der Waals surface area contributed by atoms with Gasteiger partial charge < -0.3 is 10.4 Å². The van der Waals surface area contributed by atoms with Crippen molar-refractivity contribution in [2.24, 2.45) is 17.3 Å². The number of rotatable bonds is 3. The van der Waals surface area contributed by atoms with Gasteiger partial charge in [-0.05, 0) is 54.7 Å². The molecule has 21 heavy (non-hydrogen) atoms. The van der Waals surface area contributed by atoms with Gasteiger partial charge in [-0.3, -0.25) is 4.79 Å². The number of amides is 1. The van der Waals surface area contributed by atoms with E-state index in [4.69, 9.17) is 0 Å². The van der Waals surface area contributed by atoms with Crippen LogP contribution in [-0.4, -0.2) is 11.0 Å². The molecule has 0 aliphatic heterocycles. The summed E-state index contributed by atoms with van der Waals surface area (Å²) in [5.74, 6) is 1.28. The molecular formula is C18H27NO2. The third-order valence-corrected chi connectivity index (χ3v) is 4.70. The van der Waals surface area contributed by atoms with Gasteiger partial charge in [-0.2, -0.15) is 0 Å². The lowest BCUT2D eigenvalue weighted by atomic mass is 9.69. The summed E-state index contributed by atoms with van der Waals surface area (Å²) in [5.41, 5.74) is 1.29. The van der Waals surface area contributed by atoms with Crippen LogP contribution in [0.15, 0.2) is 24.3 Å². The lowest BCUT2D eigenvalue weighted by molar-refractivity contribution is -0.126. The molecule has 0 radical (unpaired) electrons. The monoisotopic (exact) mass is 289 g/mol. The highest BCUT2D eigenvalue weighted by molar-refractivity contribution is 5.78. The van der Waals surface area contributed by atoms with Crippen molar-refractivity contribution in [1.82, 2.24) is 5.32 Å². The summed E-state index contributed by atoms with van der Waals surface area (Å²) in [6.45, 7) is 7.37. The number of hydrogen-bond donors (Lipinski definition) is 2. The topological polar surface area (TPSA) is 49.3 Å². The predicted octanol–water partition coefficient (Wildman–Crippen LogP) is 3.86. The van der Waals surface area contributed by atoms with Gasteiger partial charge in [-0.15, -0.1) is 0 Å². The van der Waals surface area contributed by atoms with E-state index in [9.17, 15) is 9.90 Å². The zero-order chi connectivity index (χ0) is 15.5. The Morgan fingerprint density at radius 1 is 1.24 bits per heavy atom. The molecule has 1 saturated carbocycles. The summed E-state index contributed by atoms with van der Waals surface area (Å²) in [6.07, 6.45) is 4.28. The van der Waals surface area contributed by atoms with Crippen molar-refractivity contribution >= 4 is 5.91 Å². The molecule has 1 aliphatic rings. The average Bonchev–Trinajstić information content (AvgIpc) is 2.44. The van der Waals surface area contributed by atoms with E-state index in [0.29, 0.717) is 12.0 Å². The molecule has 0 bridgehead atoms. The van der Waals surface area contributed by atoms with Crippen LogP contribution in [0.3, 0.4) is 0 Å². The Labute approximate surface area is 127 Å². The van der Waals surface area contributed by atoms with Crippen LogP contribution in [-0.2, 0) is 11.3 Å². The lowest BCUT2D eigenvalue weighted by Crippen LogP contribution is -2.35. The molecule has 1 aromatic carbocycles. The molecule has 0 heterocycles. The number of phenols is 1. The van der Waals surface area contributed by atoms with Gasteiger partial charge in [-0.1, -0.05) is 32.9 Å². The minimum Gasteiger partial charge on any atom is -0.508 e. The van der Waals surface area contributed by atoms with Crippen LogP contribution in [0.25, 0.3) is 0 Å². The van der Waals surface area contributed by atoms with Crippen molar-refractivity contribution in [2.75, 3.05) is 0 Å². The predicted molar refractivity (Wildman–Crippen MR) is 84.9 cm³/mol. The molecule has 0 unspecified atom stereocenters. The maximum atomic E-state index is 12.2. The Bertz CT molecular complexity index is 482. The van der Waals surface area contributed by atoms with E-state index in [0.717, 1.165) is 37.2 Å². The Kier molecular flexibility index (Phi) is 4.92. The van der Waals surface area contributed by atoms with E-state index < -0.39 is 0 Å². The first-order chi connectivity index (χ1) is 9.86. The van der Waals surface area contributed by atoms with E-state index in [1.54, 1.807) is 18.2 Å². The summed E-state index contributed by atoms with van der Waals surface area (Å²) in [5, 5.41) is 12.4. The van der Waals surface area contributed by atoms with E-state index in [2.05, 4.69) is 26.1 Å². The lowest BCUT2D eigenvalue weighted by Gasteiger charge is -2.36. The molecule has 2 N–H and O–H groups in total. The van der Waals surface area contributed by atoms with Crippen LogP contribution in [0.2, 0.25) is 0 Å². The van der Waals surface area contributed by atoms with Gasteiger partial charge in [0.15, 0.2) is 0 Å². The Morgan fingerprint density at radius 3 is 2.48 bits per heavy atom. The molecule has 0 atom stereocenters. The molecule has 1 fully saturated rings. The quantitative estimate of drug-likeness (QED) is 0.887. The number of benzene rings is 1. The van der Waals surface area contributed by atoms with Crippen molar-refractivity contribution in [3.8, 4) is 5.75 Å². The van der Waals surface area contributed by atoms with Crippen molar-refractivity contribution in [2.45, 2.75) is 53.0 Å². The number of carbonyl (C=O) groups is 1. The van der Waals surface area contributed by atoms with Crippen molar-refractivity contribution in [3.05, 3.63) is 29.8 Å². The summed E-state index contributed by atoms with van der Waals surface area (Å²) in [6, 6.07) is 7.04. The Balaban J connectivity index is 1.80. The van der Waals surface area contributed by atoms with E-state index in [-0.39, 0.29) is 17.6 Å². The highest BCUT2D eigenvalue weighted by atomic mass is 16.3. The zero-order valence-electron chi connectivity index (χ0n) is 13.4. The summed E-state index contributed by atoms with van der Waals surface area (Å²) >= 11 is 0. The van der Waals surface area contributed by atoms with Crippen LogP contribution in [0, 0.1) is 17.3 Å². The normalized spacial score (nSPS) is 22.8. The van der Waals surface area contributed by atoms with E-state index in [1.165, 1.54) is 0 Å². The Morgan fingerprint density at radius 2 is 1.90 bits per heavy atom. The molecule has 1 amide bonds. The smallest absolute Gasteiger partial charge is 0.223 e. The fourth-order valence-corrected chi connectivity index (χ4v) is 3.22. The number of carbonyl (C=O) groups excluding carboxylic acids is 1. The summed E-state index contributed by atoms with van der Waals surface area (Å²) in [7, 11) is 0. The van der Waals surface area contributed by atoms with Crippen LogP contribution < -0.4 is 5.32 Å². The second kappa shape index (κ2) is 6.50. The van der Waals surface area contributed by atoms with Crippen molar-refractivity contribution in [3.63, 3.8) is 0 Å². The molecule has 0 saturated heterocycles. The molecular weight excluding hydrogens is 262 g/mol. The summed E-state index contributed by atoms with van der Waals surface area (Å²) in [4.78, 5) is 12.2. The second-order valence-corrected chi connectivity index (χ2v) is 7.30. The van der Waals surface area contributed by atoms with Gasteiger partial charge in [0.25, 0.3) is 0 Å². The molecule has 1 aliphatic carbocycles. The highest BCUT2D eigenvalue weighted by Gasteiger charge is 2.32. The fraction of sp³-hybridized carbons (Fsp3) is 0.611. The standard InChI is InChI=1S/C18H27NO2/c1-18(2,3)15-9-7-14(8-10-15)17(21)19-12-13-5-4-6-16(20)11-13/h4-6,11,14-15,20H,7-10,12H2,1-3H3,(H,19,21). The van der Waals surface area contributed by atoms with Crippen molar-refractivity contribution < 1.29 is 9.90 Å². The van der Waals surface area contributed by atoms with Gasteiger partial charge in [0.05, 0.1) is 0 Å². The maximum absolute atomic E-state index is 12.2. The number of aromatic hydroxyl groups is 1. The highest BCUT2D eigenvalue weighted by Crippen LogP contribution is 2.39. The molecule has 116 valence electrons. The van der Waals surface area contributed by atoms with Gasteiger partial charge in [-0.25, -0.2) is 0 Å². The third kappa shape index (κ3) is 4.48. The molecule has 3 heteroatoms. The van der Waals surface area contributed by atoms with Crippen LogP contribution in [0.1, 0.15) is 52.0 Å². The molecule has 3 nitrogen and oxygen atoms in total. The van der Waals surface area contributed by atoms with E-state index in [1.807, 2.05) is 6.07 Å². The zero-order valence-corrected chi connectivity index (χ0v) is 13.4. The largest absolute Gasteiger partial charge is 0.508 e. The SMILES string of the molecule is CC(C)(C)C1CCC(C(=O)NCc2cccc(O)c2)CC1. The van der Waals surface area contributed by atoms with Crippen LogP contribution in [0.4, 0.5) is 0 Å². The summed E-state index contributed by atoms with van der Waals surface area (Å²) < 4.78 is 0. The molecule has 0 aromatic heterocycles. The third-order valence-electron chi connectivity index (χ3n) is 4.70. The van der Waals surface area contributed by atoms with E-state index >= 15 is 0 Å². The Hall–Kier alpha value is -1.51. The van der Waals surface area contributed by atoms with Gasteiger partial charge in [0.1, 0.15) is 5.75 Å². The number of phenolic OH excluding ortho intramolecular Hbond substituents is 1. The molecule has 1 aromatic rings. The van der Waals surface area contributed by atoms with Gasteiger partial charge >= 0.3 is 0 Å². The van der Waals surface area contributed by atoms with Crippen molar-refractivity contribution in [1.29, 1.82) is 0 Å². The molecule has 0 spiro atoms. The first-order valence-electron chi connectivity index (χ1n) is 7.92. The van der Waals surface area contributed by atoms with Crippen LogP contribution in [0.5, 0.6) is 5.75 Å². The van der Waals surface area contributed by atoms with Crippen LogP contribution >= 0.6 is 0 Å².